The Kier molecular flexibility index (Phi) is 4.49. The van der Waals surface area contributed by atoms with Gasteiger partial charge in [-0.1, -0.05) is 0 Å². The zero-order chi connectivity index (χ0) is 13.0. The third-order valence-corrected chi connectivity index (χ3v) is 3.30. The summed E-state index contributed by atoms with van der Waals surface area (Å²) in [5, 5.41) is 0. The number of aldehydes is 1. The molecule has 0 fully saturated rings. The fourth-order valence-electron chi connectivity index (χ4n) is 1.40. The first kappa shape index (κ1) is 13.2. The van der Waals surface area contributed by atoms with Crippen molar-refractivity contribution in [2.75, 3.05) is 0 Å². The molecule has 0 aliphatic heterocycles. The standard InChI is InChI=1S/C13H9Br2NO2/c14-11-3-10(5-16-6-11)8-18-13-2-1-9(7-17)4-12(13)15/h1-7H,8H2. The molecule has 0 amide bonds. The van der Waals surface area contributed by atoms with E-state index >= 15 is 0 Å². The molecule has 0 saturated carbocycles. The van der Waals surface area contributed by atoms with Gasteiger partial charge < -0.3 is 4.74 Å². The minimum Gasteiger partial charge on any atom is -0.488 e. The Morgan fingerprint density at radius 3 is 2.72 bits per heavy atom. The van der Waals surface area contributed by atoms with Gasteiger partial charge in [0.2, 0.25) is 0 Å². The normalized spacial score (nSPS) is 10.1. The molecule has 2 aromatic rings. The van der Waals surface area contributed by atoms with Gasteiger partial charge in [-0.15, -0.1) is 0 Å². The van der Waals surface area contributed by atoms with Gasteiger partial charge in [0.25, 0.3) is 0 Å². The molecule has 0 aliphatic rings. The molecule has 0 spiro atoms. The molecule has 1 aromatic heterocycles. The Morgan fingerprint density at radius 2 is 2.06 bits per heavy atom. The second kappa shape index (κ2) is 6.11. The molecular formula is C13H9Br2NO2. The third kappa shape index (κ3) is 3.40. The highest BCUT2D eigenvalue weighted by molar-refractivity contribution is 9.10. The molecule has 1 heterocycles. The minimum absolute atomic E-state index is 0.422. The Balaban J connectivity index is 2.08. The Hall–Kier alpha value is -1.20. The van der Waals surface area contributed by atoms with E-state index in [0.717, 1.165) is 20.8 Å². The van der Waals surface area contributed by atoms with E-state index < -0.39 is 0 Å². The summed E-state index contributed by atoms with van der Waals surface area (Å²) in [6.07, 6.45) is 4.27. The first-order valence-electron chi connectivity index (χ1n) is 5.16. The maximum Gasteiger partial charge on any atom is 0.150 e. The first-order chi connectivity index (χ1) is 8.69. The number of ether oxygens (including phenoxy) is 1. The number of halogens is 2. The van der Waals surface area contributed by atoms with Crippen molar-refractivity contribution in [1.82, 2.24) is 4.98 Å². The molecule has 5 heteroatoms. The van der Waals surface area contributed by atoms with Crippen LogP contribution in [0.25, 0.3) is 0 Å². The van der Waals surface area contributed by atoms with Crippen molar-refractivity contribution < 1.29 is 9.53 Å². The summed E-state index contributed by atoms with van der Waals surface area (Å²) < 4.78 is 7.33. The third-order valence-electron chi connectivity index (χ3n) is 2.25. The van der Waals surface area contributed by atoms with Gasteiger partial charge in [0.05, 0.1) is 4.47 Å². The second-order valence-corrected chi connectivity index (χ2v) is 5.38. The fraction of sp³-hybridized carbons (Fsp3) is 0.0769. The average molecular weight is 371 g/mol. The van der Waals surface area contributed by atoms with Gasteiger partial charge in [-0.05, 0) is 56.1 Å². The predicted molar refractivity (Wildman–Crippen MR) is 75.8 cm³/mol. The van der Waals surface area contributed by atoms with Crippen molar-refractivity contribution >= 4 is 38.1 Å². The molecule has 0 radical (unpaired) electrons. The maximum atomic E-state index is 10.6. The highest BCUT2D eigenvalue weighted by Gasteiger charge is 2.03. The number of hydrogen-bond donors (Lipinski definition) is 0. The predicted octanol–water partition coefficient (Wildman–Crippen LogP) is 4.00. The van der Waals surface area contributed by atoms with Crippen LogP contribution in [0.1, 0.15) is 15.9 Å². The van der Waals surface area contributed by atoms with E-state index in [0.29, 0.717) is 17.9 Å². The van der Waals surface area contributed by atoms with Crippen LogP contribution in [0.15, 0.2) is 45.6 Å². The van der Waals surface area contributed by atoms with Gasteiger partial charge in [-0.25, -0.2) is 0 Å². The van der Waals surface area contributed by atoms with E-state index in [2.05, 4.69) is 36.8 Å². The van der Waals surface area contributed by atoms with E-state index in [1.54, 1.807) is 30.6 Å². The summed E-state index contributed by atoms with van der Waals surface area (Å²) in [7, 11) is 0. The number of pyridine rings is 1. The van der Waals surface area contributed by atoms with Crippen LogP contribution in [0.5, 0.6) is 5.75 Å². The van der Waals surface area contributed by atoms with E-state index in [-0.39, 0.29) is 0 Å². The monoisotopic (exact) mass is 369 g/mol. The lowest BCUT2D eigenvalue weighted by Crippen LogP contribution is -1.97. The van der Waals surface area contributed by atoms with Gasteiger partial charge in [0, 0.05) is 28.0 Å². The summed E-state index contributed by atoms with van der Waals surface area (Å²) in [5.41, 5.74) is 1.58. The Bertz CT molecular complexity index is 573. The summed E-state index contributed by atoms with van der Waals surface area (Å²) in [5.74, 6) is 0.695. The molecule has 3 nitrogen and oxygen atoms in total. The molecule has 0 atom stereocenters. The zero-order valence-electron chi connectivity index (χ0n) is 9.27. The van der Waals surface area contributed by atoms with Crippen molar-refractivity contribution in [3.05, 3.63) is 56.7 Å². The molecule has 0 bridgehead atoms. The molecule has 92 valence electrons. The maximum absolute atomic E-state index is 10.6. The largest absolute Gasteiger partial charge is 0.488 e. The molecule has 0 saturated heterocycles. The van der Waals surface area contributed by atoms with Crippen molar-refractivity contribution in [2.45, 2.75) is 6.61 Å². The number of rotatable bonds is 4. The van der Waals surface area contributed by atoms with Crippen LogP contribution in [0.4, 0.5) is 0 Å². The van der Waals surface area contributed by atoms with E-state index in [1.807, 2.05) is 6.07 Å². The van der Waals surface area contributed by atoms with Crippen LogP contribution < -0.4 is 4.74 Å². The number of aromatic nitrogens is 1. The van der Waals surface area contributed by atoms with Crippen LogP contribution in [-0.4, -0.2) is 11.3 Å². The molecule has 0 aliphatic carbocycles. The molecule has 18 heavy (non-hydrogen) atoms. The average Bonchev–Trinajstić information content (AvgIpc) is 2.37. The van der Waals surface area contributed by atoms with Gasteiger partial charge in [0.15, 0.2) is 0 Å². The molecule has 0 N–H and O–H groups in total. The topological polar surface area (TPSA) is 39.2 Å². The first-order valence-corrected chi connectivity index (χ1v) is 6.74. The molecule has 2 rings (SSSR count). The number of carbonyl (C=O) groups is 1. The highest BCUT2D eigenvalue weighted by atomic mass is 79.9. The van der Waals surface area contributed by atoms with Crippen molar-refractivity contribution in [3.8, 4) is 5.75 Å². The van der Waals surface area contributed by atoms with Crippen molar-refractivity contribution in [1.29, 1.82) is 0 Å². The Morgan fingerprint density at radius 1 is 1.22 bits per heavy atom. The summed E-state index contributed by atoms with van der Waals surface area (Å²) in [4.78, 5) is 14.7. The van der Waals surface area contributed by atoms with Crippen LogP contribution in [0.3, 0.4) is 0 Å². The van der Waals surface area contributed by atoms with Gasteiger partial charge >= 0.3 is 0 Å². The van der Waals surface area contributed by atoms with E-state index in [4.69, 9.17) is 4.74 Å². The Labute approximate surface area is 121 Å². The lowest BCUT2D eigenvalue weighted by atomic mass is 10.2. The smallest absolute Gasteiger partial charge is 0.150 e. The molecule has 1 aromatic carbocycles. The quantitative estimate of drug-likeness (QED) is 0.763. The van der Waals surface area contributed by atoms with E-state index in [9.17, 15) is 4.79 Å². The van der Waals surface area contributed by atoms with Crippen molar-refractivity contribution in [3.63, 3.8) is 0 Å². The fourth-order valence-corrected chi connectivity index (χ4v) is 2.33. The SMILES string of the molecule is O=Cc1ccc(OCc2cncc(Br)c2)c(Br)c1. The summed E-state index contributed by atoms with van der Waals surface area (Å²) >= 11 is 6.72. The number of hydrogen-bond acceptors (Lipinski definition) is 3. The van der Waals surface area contributed by atoms with Crippen molar-refractivity contribution in [2.24, 2.45) is 0 Å². The van der Waals surface area contributed by atoms with Gasteiger partial charge in [-0.3, -0.25) is 9.78 Å². The van der Waals surface area contributed by atoms with Crippen LogP contribution in [0.2, 0.25) is 0 Å². The minimum atomic E-state index is 0.422. The van der Waals surface area contributed by atoms with Crippen LogP contribution in [0, 0.1) is 0 Å². The number of benzene rings is 1. The van der Waals surface area contributed by atoms with Crippen LogP contribution >= 0.6 is 31.9 Å². The summed E-state index contributed by atoms with van der Waals surface area (Å²) in [6.45, 7) is 0.422. The molecular weight excluding hydrogens is 362 g/mol. The van der Waals surface area contributed by atoms with Gasteiger partial charge in [0.1, 0.15) is 18.6 Å². The number of carbonyl (C=O) groups excluding carboxylic acids is 1. The zero-order valence-corrected chi connectivity index (χ0v) is 12.4. The highest BCUT2D eigenvalue weighted by Crippen LogP contribution is 2.26. The lowest BCUT2D eigenvalue weighted by Gasteiger charge is -2.08. The second-order valence-electron chi connectivity index (χ2n) is 3.61. The van der Waals surface area contributed by atoms with Gasteiger partial charge in [-0.2, -0.15) is 0 Å². The lowest BCUT2D eigenvalue weighted by molar-refractivity contribution is 0.112. The molecule has 0 unspecified atom stereocenters. The van der Waals surface area contributed by atoms with Crippen LogP contribution in [-0.2, 0) is 6.61 Å². The van der Waals surface area contributed by atoms with E-state index in [1.165, 1.54) is 0 Å². The number of nitrogens with zero attached hydrogens (tertiary/aromatic N) is 1. The summed E-state index contributed by atoms with van der Waals surface area (Å²) in [6, 6.07) is 7.15.